The Morgan fingerprint density at radius 1 is 1.09 bits per heavy atom. The average molecular weight is 609 g/mol. The van der Waals surface area contributed by atoms with Crippen molar-refractivity contribution in [2.24, 2.45) is 0 Å². The number of nitrogens with zero attached hydrogens (tertiary/aromatic N) is 6. The van der Waals surface area contributed by atoms with E-state index in [1.165, 1.54) is 12.4 Å². The van der Waals surface area contributed by atoms with E-state index in [1.807, 2.05) is 30.9 Å². The van der Waals surface area contributed by atoms with E-state index in [2.05, 4.69) is 37.1 Å². The van der Waals surface area contributed by atoms with E-state index in [0.717, 1.165) is 61.1 Å². The molecular formula is C31H35F3N8O2. The lowest BCUT2D eigenvalue weighted by molar-refractivity contribution is -0.138. The minimum absolute atomic E-state index is 0.0853. The number of piperazine rings is 1. The van der Waals surface area contributed by atoms with Crippen LogP contribution in [0.5, 0.6) is 11.6 Å². The summed E-state index contributed by atoms with van der Waals surface area (Å²) in [6.07, 6.45) is -1.50. The van der Waals surface area contributed by atoms with Crippen LogP contribution in [0.4, 0.5) is 23.7 Å². The van der Waals surface area contributed by atoms with Gasteiger partial charge in [-0.25, -0.2) is 14.8 Å². The second-order valence-electron chi connectivity index (χ2n) is 11.5. The number of aromatic amines is 1. The second kappa shape index (κ2) is 12.0. The first-order chi connectivity index (χ1) is 21.1. The Labute approximate surface area is 253 Å². The van der Waals surface area contributed by atoms with Gasteiger partial charge >= 0.3 is 12.2 Å². The number of carbonyl (C=O) groups is 1. The van der Waals surface area contributed by atoms with Crippen molar-refractivity contribution in [3.05, 3.63) is 70.9 Å². The summed E-state index contributed by atoms with van der Waals surface area (Å²) in [5.74, 6) is 0.753. The highest BCUT2D eigenvalue weighted by molar-refractivity contribution is 5.89. The van der Waals surface area contributed by atoms with Crippen molar-refractivity contribution in [2.75, 3.05) is 44.6 Å². The first-order valence-corrected chi connectivity index (χ1v) is 14.7. The fourth-order valence-electron chi connectivity index (χ4n) is 5.97. The Kier molecular flexibility index (Phi) is 8.16. The van der Waals surface area contributed by atoms with Crippen LogP contribution in [0.2, 0.25) is 0 Å². The number of carbonyl (C=O) groups excluding carboxylic acids is 1. The number of hydrogen-bond donors (Lipinski definition) is 2. The molecule has 44 heavy (non-hydrogen) atoms. The van der Waals surface area contributed by atoms with Gasteiger partial charge in [-0.2, -0.15) is 13.2 Å². The fraction of sp³-hybridized carbons (Fsp3) is 0.419. The Hall–Kier alpha value is -4.23. The van der Waals surface area contributed by atoms with Gasteiger partial charge in [0, 0.05) is 63.1 Å². The summed E-state index contributed by atoms with van der Waals surface area (Å²) in [6.45, 7) is 10.8. The number of pyridine rings is 1. The predicted molar refractivity (Wildman–Crippen MR) is 160 cm³/mol. The molecule has 2 aliphatic rings. The molecule has 1 saturated heterocycles. The number of likely N-dealkylation sites (N-methyl/N-ethyl adjacent to an activating group) is 1. The van der Waals surface area contributed by atoms with Crippen molar-refractivity contribution in [1.82, 2.24) is 34.6 Å². The molecular weight excluding hydrogens is 573 g/mol. The van der Waals surface area contributed by atoms with E-state index in [1.54, 1.807) is 17.2 Å². The van der Waals surface area contributed by atoms with Gasteiger partial charge in [-0.3, -0.25) is 9.88 Å². The number of alkyl halides is 3. The number of urea groups is 1. The molecule has 1 aromatic carbocycles. The summed E-state index contributed by atoms with van der Waals surface area (Å²) in [7, 11) is 0. The van der Waals surface area contributed by atoms with Crippen LogP contribution in [-0.4, -0.2) is 79.9 Å². The Bertz CT molecular complexity index is 1670. The van der Waals surface area contributed by atoms with E-state index in [9.17, 15) is 18.0 Å². The molecule has 10 nitrogen and oxygen atoms in total. The zero-order chi connectivity index (χ0) is 31.0. The highest BCUT2D eigenvalue weighted by atomic mass is 19.4. The summed E-state index contributed by atoms with van der Waals surface area (Å²) in [6, 6.07) is 7.30. The Balaban J connectivity index is 1.16. The van der Waals surface area contributed by atoms with Crippen molar-refractivity contribution in [2.45, 2.75) is 46.0 Å². The predicted octanol–water partition coefficient (Wildman–Crippen LogP) is 5.76. The number of benzene rings is 1. The molecule has 0 radical (unpaired) electrons. The molecule has 2 N–H and O–H groups in total. The molecule has 2 amide bonds. The molecule has 0 saturated carbocycles. The fourth-order valence-corrected chi connectivity index (χ4v) is 5.97. The maximum Gasteiger partial charge on any atom is 0.416 e. The van der Waals surface area contributed by atoms with Gasteiger partial charge in [0.2, 0.25) is 5.88 Å². The van der Waals surface area contributed by atoms with Crippen LogP contribution in [0, 0.1) is 6.92 Å². The van der Waals surface area contributed by atoms with Crippen molar-refractivity contribution in [3.8, 4) is 11.6 Å². The molecule has 13 heteroatoms. The van der Waals surface area contributed by atoms with E-state index >= 15 is 0 Å². The number of halogens is 3. The first kappa shape index (κ1) is 29.8. The summed E-state index contributed by atoms with van der Waals surface area (Å²) < 4.78 is 48.4. The number of rotatable bonds is 6. The van der Waals surface area contributed by atoms with E-state index in [4.69, 9.17) is 4.74 Å². The number of hydrogen-bond acceptors (Lipinski definition) is 7. The lowest BCUT2D eigenvalue weighted by Crippen LogP contribution is -2.45. The number of nitrogens with one attached hydrogen (secondary N) is 2. The first-order valence-electron chi connectivity index (χ1n) is 14.7. The molecule has 232 valence electrons. The SMILES string of the molecule is CCN1CCN(Cc2ccc(NC(=O)N3Cc4cc(Oc5ncnc6[nH]c(C)cc56)cnc4[C@@H](C)C3)cc2C(F)(F)F)CC1. The number of amides is 2. The lowest BCUT2D eigenvalue weighted by Gasteiger charge is -2.34. The Morgan fingerprint density at radius 3 is 2.61 bits per heavy atom. The zero-order valence-corrected chi connectivity index (χ0v) is 24.9. The monoisotopic (exact) mass is 608 g/mol. The third-order valence-corrected chi connectivity index (χ3v) is 8.30. The van der Waals surface area contributed by atoms with Crippen molar-refractivity contribution < 1.29 is 22.7 Å². The normalized spacial score (nSPS) is 18.0. The summed E-state index contributed by atoms with van der Waals surface area (Å²) in [4.78, 5) is 35.5. The van der Waals surface area contributed by atoms with Gasteiger partial charge in [0.05, 0.1) is 22.8 Å². The van der Waals surface area contributed by atoms with Crippen LogP contribution in [0.3, 0.4) is 0 Å². The molecule has 0 spiro atoms. The van der Waals surface area contributed by atoms with Crippen molar-refractivity contribution in [3.63, 3.8) is 0 Å². The second-order valence-corrected chi connectivity index (χ2v) is 11.5. The molecule has 1 atom stereocenters. The van der Waals surface area contributed by atoms with Gasteiger partial charge in [0.1, 0.15) is 17.7 Å². The third kappa shape index (κ3) is 6.34. The minimum Gasteiger partial charge on any atom is -0.437 e. The molecule has 6 rings (SSSR count). The van der Waals surface area contributed by atoms with Crippen LogP contribution in [-0.2, 0) is 19.3 Å². The quantitative estimate of drug-likeness (QED) is 0.287. The van der Waals surface area contributed by atoms with Crippen LogP contribution >= 0.6 is 0 Å². The van der Waals surface area contributed by atoms with E-state index in [-0.39, 0.29) is 30.3 Å². The number of H-pyrrole nitrogens is 1. The van der Waals surface area contributed by atoms with E-state index in [0.29, 0.717) is 23.8 Å². The van der Waals surface area contributed by atoms with Gasteiger partial charge in [0.15, 0.2) is 0 Å². The standard InChI is InChI=1S/C31H35F3N8O2/c1-4-40-7-9-41(10-8-40)16-21-5-6-23(13-26(21)31(32,33)34)39-30(43)42-15-19(2)27-22(17-42)12-24(14-35-27)44-29-25-11-20(3)38-28(25)36-18-37-29/h5-6,11-14,18-19H,4,7-10,15-17H2,1-3H3,(H,39,43)(H,36,37,38)/t19-/m0/s1. The van der Waals surface area contributed by atoms with Gasteiger partial charge in [-0.1, -0.05) is 19.9 Å². The smallest absolute Gasteiger partial charge is 0.416 e. The number of aromatic nitrogens is 4. The lowest BCUT2D eigenvalue weighted by atomic mass is 9.96. The average Bonchev–Trinajstić information content (AvgIpc) is 3.39. The minimum atomic E-state index is -4.55. The van der Waals surface area contributed by atoms with Gasteiger partial charge in [0.25, 0.3) is 0 Å². The van der Waals surface area contributed by atoms with Crippen LogP contribution in [0.15, 0.2) is 42.9 Å². The van der Waals surface area contributed by atoms with Gasteiger partial charge in [-0.05, 0) is 48.9 Å². The maximum atomic E-state index is 14.1. The Morgan fingerprint density at radius 2 is 1.86 bits per heavy atom. The topological polar surface area (TPSA) is 103 Å². The molecule has 1 fully saturated rings. The van der Waals surface area contributed by atoms with E-state index < -0.39 is 17.8 Å². The number of ether oxygens (including phenoxy) is 1. The van der Waals surface area contributed by atoms with Gasteiger partial charge in [-0.15, -0.1) is 0 Å². The molecule has 0 aliphatic carbocycles. The number of fused-ring (bicyclic) bond motifs is 2. The molecule has 4 aromatic rings. The molecule has 3 aromatic heterocycles. The zero-order valence-electron chi connectivity index (χ0n) is 24.9. The molecule has 2 aliphatic heterocycles. The van der Waals surface area contributed by atoms with Crippen LogP contribution in [0.1, 0.15) is 47.8 Å². The molecule has 0 bridgehead atoms. The maximum absolute atomic E-state index is 14.1. The molecule has 0 unspecified atom stereocenters. The highest BCUT2D eigenvalue weighted by Crippen LogP contribution is 2.36. The number of aryl methyl sites for hydroxylation is 1. The molecule has 5 heterocycles. The highest BCUT2D eigenvalue weighted by Gasteiger charge is 2.35. The summed E-state index contributed by atoms with van der Waals surface area (Å²) in [5, 5.41) is 3.43. The van der Waals surface area contributed by atoms with Crippen molar-refractivity contribution >= 4 is 22.8 Å². The number of anilines is 1. The van der Waals surface area contributed by atoms with Crippen LogP contribution in [0.25, 0.3) is 11.0 Å². The largest absolute Gasteiger partial charge is 0.437 e. The van der Waals surface area contributed by atoms with Crippen molar-refractivity contribution in [1.29, 1.82) is 0 Å². The van der Waals surface area contributed by atoms with Gasteiger partial charge < -0.3 is 24.8 Å². The summed E-state index contributed by atoms with van der Waals surface area (Å²) in [5.41, 5.74) is 2.79. The van der Waals surface area contributed by atoms with Crippen LogP contribution < -0.4 is 10.1 Å². The third-order valence-electron chi connectivity index (χ3n) is 8.30. The summed E-state index contributed by atoms with van der Waals surface area (Å²) >= 11 is 0.